The van der Waals surface area contributed by atoms with Crippen LogP contribution in [-0.4, -0.2) is 7.26 Å². The topological polar surface area (TPSA) is 0 Å². The Morgan fingerprint density at radius 3 is 2.29 bits per heavy atom. The molecule has 0 aliphatic rings. The highest BCUT2D eigenvalue weighted by Gasteiger charge is 1.93. The summed E-state index contributed by atoms with van der Waals surface area (Å²) in [5.41, 5.74) is 0. The van der Waals surface area contributed by atoms with Gasteiger partial charge in [0.1, 0.15) is 0 Å². The molecule has 0 fully saturated rings. The van der Waals surface area contributed by atoms with Gasteiger partial charge >= 0.3 is 0 Å². The van der Waals surface area contributed by atoms with Gasteiger partial charge in [-0.25, -0.2) is 0 Å². The molecule has 7 heavy (non-hydrogen) atoms. The molecule has 1 unspecified atom stereocenters. The molecule has 0 radical (unpaired) electrons. The Morgan fingerprint density at radius 2 is 2.14 bits per heavy atom. The van der Waals surface area contributed by atoms with E-state index in [0.717, 1.165) is 0 Å². The maximum Gasteiger partial charge on any atom is 0.0662 e. The number of alkyl halides is 3. The fourth-order valence-corrected chi connectivity index (χ4v) is 1.44. The number of rotatable bonds is 3. The highest BCUT2D eigenvalue weighted by molar-refractivity contribution is 14.1. The normalized spacial score (nSPS) is 14.1. The Bertz CT molecular complexity index is 38.7. The van der Waals surface area contributed by atoms with E-state index >= 15 is 0 Å². The number of halogens is 3. The predicted octanol–water partition coefficient (Wildman–Crippen LogP) is 3.36. The van der Waals surface area contributed by atoms with Crippen LogP contribution in [0.1, 0.15) is 12.8 Å². The SMILES string of the molecule is BrC(I)CCCI. The van der Waals surface area contributed by atoms with E-state index < -0.39 is 0 Å². The summed E-state index contributed by atoms with van der Waals surface area (Å²) in [6, 6.07) is 0. The zero-order valence-electron chi connectivity index (χ0n) is 3.83. The third-order valence-corrected chi connectivity index (χ3v) is 2.40. The van der Waals surface area contributed by atoms with Gasteiger partial charge in [0.25, 0.3) is 0 Å². The van der Waals surface area contributed by atoms with E-state index in [1.807, 2.05) is 0 Å². The molecule has 0 aromatic carbocycles. The highest BCUT2D eigenvalue weighted by Crippen LogP contribution is 2.15. The van der Waals surface area contributed by atoms with E-state index in [4.69, 9.17) is 0 Å². The van der Waals surface area contributed by atoms with Crippen LogP contribution in [0, 0.1) is 0 Å². The lowest BCUT2D eigenvalue weighted by Crippen LogP contribution is -1.83. The molecule has 1 atom stereocenters. The van der Waals surface area contributed by atoms with Gasteiger partial charge in [0.05, 0.1) is 2.83 Å². The molecule has 0 aliphatic heterocycles. The molecule has 0 spiro atoms. The zero-order chi connectivity index (χ0) is 5.70. The van der Waals surface area contributed by atoms with Gasteiger partial charge in [-0.15, -0.1) is 0 Å². The fraction of sp³-hybridized carbons (Fsp3) is 1.00. The van der Waals surface area contributed by atoms with Gasteiger partial charge in [-0.1, -0.05) is 61.1 Å². The third kappa shape index (κ3) is 7.94. The monoisotopic (exact) mass is 388 g/mol. The largest absolute Gasteiger partial charge is 0.0864 e. The van der Waals surface area contributed by atoms with E-state index in [1.54, 1.807) is 0 Å². The summed E-state index contributed by atoms with van der Waals surface area (Å²) >= 11 is 8.23. The fourth-order valence-electron chi connectivity index (χ4n) is 0.231. The van der Waals surface area contributed by atoms with Crippen LogP contribution in [0.5, 0.6) is 0 Å². The molecule has 0 N–H and O–H groups in total. The standard InChI is InChI=1S/C4H7BrI2/c5-4(7)2-1-3-6/h4H,1-3H2. The van der Waals surface area contributed by atoms with Crippen molar-refractivity contribution in [1.29, 1.82) is 0 Å². The van der Waals surface area contributed by atoms with Crippen LogP contribution in [0.25, 0.3) is 0 Å². The van der Waals surface area contributed by atoms with Crippen LogP contribution in [0.3, 0.4) is 0 Å². The van der Waals surface area contributed by atoms with Crippen molar-refractivity contribution in [3.63, 3.8) is 0 Å². The summed E-state index contributed by atoms with van der Waals surface area (Å²) in [5.74, 6) is 0. The molecular weight excluding hydrogens is 382 g/mol. The van der Waals surface area contributed by atoms with Crippen LogP contribution in [0.4, 0.5) is 0 Å². The maximum absolute atomic E-state index is 3.46. The zero-order valence-corrected chi connectivity index (χ0v) is 9.73. The molecule has 0 amide bonds. The molecule has 0 aromatic heterocycles. The average Bonchev–Trinajstić information content (AvgIpc) is 1.61. The predicted molar refractivity (Wildman–Crippen MR) is 54.9 cm³/mol. The molecule has 3 heteroatoms. The van der Waals surface area contributed by atoms with Crippen LogP contribution in [0.15, 0.2) is 0 Å². The van der Waals surface area contributed by atoms with Crippen molar-refractivity contribution in [2.45, 2.75) is 15.7 Å². The van der Waals surface area contributed by atoms with Gasteiger partial charge in [0.15, 0.2) is 0 Å². The Balaban J connectivity index is 2.68. The Hall–Kier alpha value is 1.94. The number of hydrogen-bond acceptors (Lipinski definition) is 0. The molecule has 0 aliphatic carbocycles. The molecule has 0 saturated heterocycles. The quantitative estimate of drug-likeness (QED) is 0.514. The first-order chi connectivity index (χ1) is 3.27. The van der Waals surface area contributed by atoms with Crippen LogP contribution in [-0.2, 0) is 0 Å². The van der Waals surface area contributed by atoms with Gasteiger partial charge in [0, 0.05) is 0 Å². The molecule has 0 saturated carbocycles. The Kier molecular flexibility index (Phi) is 7.75. The molecule has 0 aromatic rings. The summed E-state index contributed by atoms with van der Waals surface area (Å²) in [7, 11) is 0. The summed E-state index contributed by atoms with van der Waals surface area (Å²) in [5, 5.41) is 0. The van der Waals surface area contributed by atoms with Gasteiger partial charge in [-0.3, -0.25) is 0 Å². The first-order valence-corrected chi connectivity index (χ1v) is 5.80. The summed E-state index contributed by atoms with van der Waals surface area (Å²) in [6.45, 7) is 0. The van der Waals surface area contributed by atoms with Crippen molar-refractivity contribution < 1.29 is 0 Å². The van der Waals surface area contributed by atoms with E-state index in [-0.39, 0.29) is 0 Å². The molecule has 0 rings (SSSR count). The first-order valence-electron chi connectivity index (χ1n) is 2.11. The average molecular weight is 389 g/mol. The lowest BCUT2D eigenvalue weighted by Gasteiger charge is -1.94. The van der Waals surface area contributed by atoms with Crippen molar-refractivity contribution in [2.75, 3.05) is 4.43 Å². The minimum atomic E-state index is 0.680. The van der Waals surface area contributed by atoms with Crippen molar-refractivity contribution in [1.82, 2.24) is 0 Å². The lowest BCUT2D eigenvalue weighted by atomic mass is 10.4. The molecular formula is C4H7BrI2. The van der Waals surface area contributed by atoms with Crippen LogP contribution < -0.4 is 0 Å². The summed E-state index contributed by atoms with van der Waals surface area (Å²) in [4.78, 5) is 0. The minimum Gasteiger partial charge on any atom is -0.0864 e. The van der Waals surface area contributed by atoms with Gasteiger partial charge < -0.3 is 0 Å². The minimum absolute atomic E-state index is 0.680. The van der Waals surface area contributed by atoms with Crippen molar-refractivity contribution in [2.24, 2.45) is 0 Å². The summed E-state index contributed by atoms with van der Waals surface area (Å²) in [6.07, 6.45) is 2.63. The van der Waals surface area contributed by atoms with E-state index in [2.05, 4.69) is 61.1 Å². The molecule has 0 nitrogen and oxygen atoms in total. The van der Waals surface area contributed by atoms with Crippen LogP contribution in [0.2, 0.25) is 0 Å². The van der Waals surface area contributed by atoms with Crippen molar-refractivity contribution >= 4 is 61.1 Å². The maximum atomic E-state index is 3.46. The highest BCUT2D eigenvalue weighted by atomic mass is 127. The smallest absolute Gasteiger partial charge is 0.0662 e. The molecule has 0 bridgehead atoms. The second kappa shape index (κ2) is 6.07. The van der Waals surface area contributed by atoms with E-state index in [0.29, 0.717) is 2.83 Å². The number of hydrogen-bond donors (Lipinski definition) is 0. The Labute approximate surface area is 80.2 Å². The van der Waals surface area contributed by atoms with E-state index in [9.17, 15) is 0 Å². The van der Waals surface area contributed by atoms with Gasteiger partial charge in [0.2, 0.25) is 0 Å². The molecule has 0 heterocycles. The summed E-state index contributed by atoms with van der Waals surface area (Å²) < 4.78 is 1.96. The van der Waals surface area contributed by atoms with Gasteiger partial charge in [-0.2, -0.15) is 0 Å². The van der Waals surface area contributed by atoms with E-state index in [1.165, 1.54) is 17.3 Å². The lowest BCUT2D eigenvalue weighted by molar-refractivity contribution is 0.911. The first kappa shape index (κ1) is 8.94. The molecule has 44 valence electrons. The van der Waals surface area contributed by atoms with Crippen molar-refractivity contribution in [3.05, 3.63) is 0 Å². The van der Waals surface area contributed by atoms with Crippen LogP contribution >= 0.6 is 61.1 Å². The third-order valence-electron chi connectivity index (χ3n) is 0.556. The van der Waals surface area contributed by atoms with Gasteiger partial charge in [-0.05, 0) is 17.3 Å². The second-order valence-electron chi connectivity index (χ2n) is 1.22. The second-order valence-corrected chi connectivity index (χ2v) is 6.62. The van der Waals surface area contributed by atoms with Crippen molar-refractivity contribution in [3.8, 4) is 0 Å². The Morgan fingerprint density at radius 1 is 1.57 bits per heavy atom.